The van der Waals surface area contributed by atoms with Crippen molar-refractivity contribution in [2.75, 3.05) is 20.2 Å². The molecule has 0 bridgehead atoms. The number of methoxy groups -OCH3 is 1. The van der Waals surface area contributed by atoms with Crippen LogP contribution < -0.4 is 5.32 Å². The standard InChI is InChI=1S/C10H23NO/c1-5-6-8-11-9-7-10(2,3)12-4/h11H,5-9H2,1-4H3. The molecule has 2 nitrogen and oxygen atoms in total. The lowest BCUT2D eigenvalue weighted by atomic mass is 10.1. The average Bonchev–Trinajstić information content (AvgIpc) is 2.04. The topological polar surface area (TPSA) is 21.3 Å². The molecule has 2 heteroatoms. The first-order valence-electron chi connectivity index (χ1n) is 4.88. The van der Waals surface area contributed by atoms with E-state index in [9.17, 15) is 0 Å². The van der Waals surface area contributed by atoms with Crippen molar-refractivity contribution in [3.63, 3.8) is 0 Å². The fourth-order valence-electron chi connectivity index (χ4n) is 0.918. The van der Waals surface area contributed by atoms with E-state index in [-0.39, 0.29) is 5.60 Å². The molecule has 0 saturated heterocycles. The minimum absolute atomic E-state index is 0.0270. The molecule has 0 unspecified atom stereocenters. The number of nitrogens with one attached hydrogen (secondary N) is 1. The summed E-state index contributed by atoms with van der Waals surface area (Å²) in [5.41, 5.74) is 0.0270. The Bertz CT molecular complexity index is 102. The Kier molecular flexibility index (Phi) is 6.39. The molecule has 0 aromatic carbocycles. The van der Waals surface area contributed by atoms with Crippen LogP contribution in [0.3, 0.4) is 0 Å². The van der Waals surface area contributed by atoms with Crippen LogP contribution in [0.1, 0.15) is 40.0 Å². The summed E-state index contributed by atoms with van der Waals surface area (Å²) < 4.78 is 5.30. The second-order valence-electron chi connectivity index (χ2n) is 3.82. The van der Waals surface area contributed by atoms with Crippen LogP contribution in [-0.2, 0) is 4.74 Å². The summed E-state index contributed by atoms with van der Waals surface area (Å²) in [5, 5.41) is 3.40. The summed E-state index contributed by atoms with van der Waals surface area (Å²) in [4.78, 5) is 0. The maximum Gasteiger partial charge on any atom is 0.0634 e. The third kappa shape index (κ3) is 6.62. The zero-order chi connectivity index (χ0) is 9.45. The van der Waals surface area contributed by atoms with Crippen LogP contribution in [0.4, 0.5) is 0 Å². The lowest BCUT2D eigenvalue weighted by Gasteiger charge is -2.22. The van der Waals surface area contributed by atoms with Gasteiger partial charge in [0.2, 0.25) is 0 Å². The van der Waals surface area contributed by atoms with Gasteiger partial charge in [-0.25, -0.2) is 0 Å². The SMILES string of the molecule is CCCCNCCC(C)(C)OC. The van der Waals surface area contributed by atoms with Crippen LogP contribution in [0, 0.1) is 0 Å². The highest BCUT2D eigenvalue weighted by atomic mass is 16.5. The van der Waals surface area contributed by atoms with E-state index in [4.69, 9.17) is 4.74 Å². The van der Waals surface area contributed by atoms with Crippen molar-refractivity contribution in [2.45, 2.75) is 45.6 Å². The molecule has 0 amide bonds. The number of hydrogen-bond acceptors (Lipinski definition) is 2. The molecule has 0 aliphatic rings. The van der Waals surface area contributed by atoms with Gasteiger partial charge in [0.05, 0.1) is 5.60 Å². The second kappa shape index (κ2) is 6.44. The molecule has 74 valence electrons. The van der Waals surface area contributed by atoms with E-state index >= 15 is 0 Å². The minimum Gasteiger partial charge on any atom is -0.379 e. The van der Waals surface area contributed by atoms with Crippen molar-refractivity contribution in [1.29, 1.82) is 0 Å². The molecular weight excluding hydrogens is 150 g/mol. The number of ether oxygens (including phenoxy) is 1. The van der Waals surface area contributed by atoms with Crippen LogP contribution in [0.5, 0.6) is 0 Å². The van der Waals surface area contributed by atoms with E-state index in [0.717, 1.165) is 19.5 Å². The van der Waals surface area contributed by atoms with Gasteiger partial charge in [0.15, 0.2) is 0 Å². The predicted molar refractivity (Wildman–Crippen MR) is 53.5 cm³/mol. The maximum absolute atomic E-state index is 5.30. The maximum atomic E-state index is 5.30. The Morgan fingerprint density at radius 2 is 1.92 bits per heavy atom. The third-order valence-electron chi connectivity index (χ3n) is 2.16. The van der Waals surface area contributed by atoms with E-state index in [2.05, 4.69) is 26.1 Å². The summed E-state index contributed by atoms with van der Waals surface area (Å²) in [5.74, 6) is 0. The zero-order valence-electron chi connectivity index (χ0n) is 8.94. The van der Waals surface area contributed by atoms with Gasteiger partial charge in [-0.2, -0.15) is 0 Å². The van der Waals surface area contributed by atoms with Crippen LogP contribution >= 0.6 is 0 Å². The summed E-state index contributed by atoms with van der Waals surface area (Å²) in [6.07, 6.45) is 3.61. The van der Waals surface area contributed by atoms with Gasteiger partial charge in [0, 0.05) is 7.11 Å². The number of unbranched alkanes of at least 4 members (excludes halogenated alkanes) is 1. The van der Waals surface area contributed by atoms with Crippen molar-refractivity contribution >= 4 is 0 Å². The van der Waals surface area contributed by atoms with Gasteiger partial charge in [-0.3, -0.25) is 0 Å². The molecule has 0 aliphatic carbocycles. The monoisotopic (exact) mass is 173 g/mol. The van der Waals surface area contributed by atoms with Gasteiger partial charge in [-0.1, -0.05) is 13.3 Å². The molecule has 1 N–H and O–H groups in total. The molecule has 0 saturated carbocycles. The minimum atomic E-state index is 0.0270. The van der Waals surface area contributed by atoms with Crippen LogP contribution in [-0.4, -0.2) is 25.8 Å². The highest BCUT2D eigenvalue weighted by molar-refractivity contribution is 4.68. The summed E-state index contributed by atoms with van der Waals surface area (Å²) >= 11 is 0. The van der Waals surface area contributed by atoms with Crippen molar-refractivity contribution in [3.05, 3.63) is 0 Å². The molecule has 0 spiro atoms. The molecule has 0 rings (SSSR count). The highest BCUT2D eigenvalue weighted by Crippen LogP contribution is 2.11. The second-order valence-corrected chi connectivity index (χ2v) is 3.82. The van der Waals surface area contributed by atoms with E-state index in [1.54, 1.807) is 7.11 Å². The van der Waals surface area contributed by atoms with Crippen molar-refractivity contribution in [3.8, 4) is 0 Å². The number of rotatable bonds is 7. The van der Waals surface area contributed by atoms with Gasteiger partial charge in [0.1, 0.15) is 0 Å². The Hall–Kier alpha value is -0.0800. The van der Waals surface area contributed by atoms with E-state index in [1.165, 1.54) is 12.8 Å². The fraction of sp³-hybridized carbons (Fsp3) is 1.00. The molecule has 0 aromatic rings. The summed E-state index contributed by atoms with van der Waals surface area (Å²) in [6, 6.07) is 0. The average molecular weight is 173 g/mol. The first kappa shape index (κ1) is 11.9. The van der Waals surface area contributed by atoms with Gasteiger partial charge in [-0.05, 0) is 39.8 Å². The van der Waals surface area contributed by atoms with E-state index in [1.807, 2.05) is 0 Å². The molecule has 0 aromatic heterocycles. The zero-order valence-corrected chi connectivity index (χ0v) is 8.94. The van der Waals surface area contributed by atoms with Gasteiger partial charge >= 0.3 is 0 Å². The molecule has 0 heterocycles. The molecule has 0 atom stereocenters. The van der Waals surface area contributed by atoms with Gasteiger partial charge in [0.25, 0.3) is 0 Å². The Morgan fingerprint density at radius 3 is 2.42 bits per heavy atom. The quantitative estimate of drug-likeness (QED) is 0.596. The van der Waals surface area contributed by atoms with Crippen molar-refractivity contribution in [1.82, 2.24) is 5.32 Å². The van der Waals surface area contributed by atoms with Gasteiger partial charge in [-0.15, -0.1) is 0 Å². The number of hydrogen-bond donors (Lipinski definition) is 1. The van der Waals surface area contributed by atoms with Crippen LogP contribution in [0.2, 0.25) is 0 Å². The molecule has 0 aliphatic heterocycles. The van der Waals surface area contributed by atoms with Crippen molar-refractivity contribution < 1.29 is 4.74 Å². The highest BCUT2D eigenvalue weighted by Gasteiger charge is 2.14. The van der Waals surface area contributed by atoms with Crippen molar-refractivity contribution in [2.24, 2.45) is 0 Å². The smallest absolute Gasteiger partial charge is 0.0634 e. The van der Waals surface area contributed by atoms with E-state index in [0.29, 0.717) is 0 Å². The molecular formula is C10H23NO. The summed E-state index contributed by atoms with van der Waals surface area (Å²) in [7, 11) is 1.77. The summed E-state index contributed by atoms with van der Waals surface area (Å²) in [6.45, 7) is 8.64. The van der Waals surface area contributed by atoms with Crippen LogP contribution in [0.15, 0.2) is 0 Å². The largest absolute Gasteiger partial charge is 0.379 e. The molecule has 12 heavy (non-hydrogen) atoms. The first-order valence-corrected chi connectivity index (χ1v) is 4.88. The van der Waals surface area contributed by atoms with E-state index < -0.39 is 0 Å². The first-order chi connectivity index (χ1) is 5.62. The Balaban J connectivity index is 3.19. The lowest BCUT2D eigenvalue weighted by molar-refractivity contribution is 0.0159. The Morgan fingerprint density at radius 1 is 1.25 bits per heavy atom. The Labute approximate surface area is 76.7 Å². The lowest BCUT2D eigenvalue weighted by Crippen LogP contribution is -2.29. The molecule has 0 fully saturated rings. The van der Waals surface area contributed by atoms with Crippen LogP contribution in [0.25, 0.3) is 0 Å². The predicted octanol–water partition coefficient (Wildman–Crippen LogP) is 2.19. The third-order valence-corrected chi connectivity index (χ3v) is 2.16. The normalized spacial score (nSPS) is 12.0. The molecule has 0 radical (unpaired) electrons. The van der Waals surface area contributed by atoms with Gasteiger partial charge < -0.3 is 10.1 Å². The fourth-order valence-corrected chi connectivity index (χ4v) is 0.918.